The van der Waals surface area contributed by atoms with Gasteiger partial charge in [0.25, 0.3) is 11.5 Å². The summed E-state index contributed by atoms with van der Waals surface area (Å²) < 4.78 is 24.1. The average Bonchev–Trinajstić information content (AvgIpc) is 2.17. The lowest BCUT2D eigenvalue weighted by Gasteiger charge is -2.00. The molecule has 0 aliphatic heterocycles. The van der Waals surface area contributed by atoms with Crippen LogP contribution in [0.15, 0.2) is 17.2 Å². The molecule has 0 fully saturated rings. The third-order valence-electron chi connectivity index (χ3n) is 1.49. The van der Waals surface area contributed by atoms with Gasteiger partial charge in [-0.15, -0.1) is 0 Å². The summed E-state index contributed by atoms with van der Waals surface area (Å²) in [7, 11) is 0. The molecule has 0 saturated carbocycles. The van der Waals surface area contributed by atoms with Crippen LogP contribution in [0, 0.1) is 0 Å². The quantitative estimate of drug-likeness (QED) is 0.668. The monoisotopic (exact) mass is 199 g/mol. The zero-order chi connectivity index (χ0) is 10.1. The average molecular weight is 199 g/mol. The predicted molar refractivity (Wildman–Crippen MR) is 42.6 cm³/mol. The Kier molecular flexibility index (Phi) is 1.80. The zero-order valence-corrected chi connectivity index (χ0v) is 6.61. The van der Waals surface area contributed by atoms with Gasteiger partial charge in [0.2, 0.25) is 0 Å². The number of hydrogen-bond acceptors (Lipinski definition) is 5. The molecule has 0 amide bonds. The summed E-state index contributed by atoms with van der Waals surface area (Å²) in [6.07, 6.45) is 2.54. The van der Waals surface area contributed by atoms with Crippen molar-refractivity contribution in [1.29, 1.82) is 0 Å². The molecule has 2 heterocycles. The Labute approximate surface area is 75.1 Å². The number of fused-ring (bicyclic) bond motifs is 1. The number of nitrogens with zero attached hydrogens (tertiary/aromatic N) is 4. The number of hydrogen-bond donors (Lipinski definition) is 1. The lowest BCUT2D eigenvalue weighted by atomic mass is 10.5. The first kappa shape index (κ1) is 8.48. The van der Waals surface area contributed by atoms with Gasteiger partial charge in [0.05, 0.1) is 0 Å². The van der Waals surface area contributed by atoms with Crippen molar-refractivity contribution in [3.8, 4) is 0 Å². The molecule has 2 aromatic heterocycles. The lowest BCUT2D eigenvalue weighted by molar-refractivity contribution is 0.227. The largest absolute Gasteiger partial charge is 0.286 e. The third-order valence-corrected chi connectivity index (χ3v) is 1.49. The molecular weight excluding hydrogens is 196 g/mol. The van der Waals surface area contributed by atoms with Crippen molar-refractivity contribution in [1.82, 2.24) is 19.9 Å². The van der Waals surface area contributed by atoms with Crippen molar-refractivity contribution in [2.24, 2.45) is 0 Å². The van der Waals surface area contributed by atoms with Gasteiger partial charge >= 0.3 is 0 Å². The van der Waals surface area contributed by atoms with Crippen LogP contribution in [0.1, 0.15) is 0 Å². The molecule has 0 atom stereocenters. The van der Waals surface area contributed by atoms with Crippen molar-refractivity contribution in [3.05, 3.63) is 22.7 Å². The van der Waals surface area contributed by atoms with Crippen LogP contribution < -0.4 is 10.9 Å². The molecule has 0 saturated heterocycles. The summed E-state index contributed by atoms with van der Waals surface area (Å²) >= 11 is 0. The topological polar surface area (TPSA) is 74.8 Å². The maximum absolute atomic E-state index is 12.0. The number of aromatic amines is 1. The molecule has 1 N–H and O–H groups in total. The van der Waals surface area contributed by atoms with Crippen LogP contribution in [0.4, 0.5) is 14.9 Å². The van der Waals surface area contributed by atoms with E-state index >= 15 is 0 Å². The van der Waals surface area contributed by atoms with Crippen molar-refractivity contribution >= 4 is 17.1 Å². The Morgan fingerprint density at radius 2 is 2.00 bits per heavy atom. The van der Waals surface area contributed by atoms with Crippen molar-refractivity contribution in [3.63, 3.8) is 0 Å². The van der Waals surface area contributed by atoms with Crippen LogP contribution in [0.5, 0.6) is 0 Å². The molecule has 0 unspecified atom stereocenters. The summed E-state index contributed by atoms with van der Waals surface area (Å²) in [5.41, 5.74) is -0.942. The first-order valence-electron chi connectivity index (χ1n) is 3.51. The fourth-order valence-electron chi connectivity index (χ4n) is 0.942. The van der Waals surface area contributed by atoms with E-state index in [1.54, 1.807) is 0 Å². The maximum Gasteiger partial charge on any atom is 0.280 e. The van der Waals surface area contributed by atoms with Gasteiger partial charge in [-0.2, -0.15) is 4.98 Å². The summed E-state index contributed by atoms with van der Waals surface area (Å²) in [5, 5.41) is -1.30. The number of halogens is 2. The molecule has 0 aliphatic carbocycles. The Bertz CT molecular complexity index is 525. The van der Waals surface area contributed by atoms with Crippen LogP contribution in [-0.4, -0.2) is 19.9 Å². The molecule has 0 aromatic carbocycles. The van der Waals surface area contributed by atoms with E-state index in [2.05, 4.69) is 15.0 Å². The maximum atomic E-state index is 12.0. The summed E-state index contributed by atoms with van der Waals surface area (Å²) in [4.78, 5) is 23.7. The molecule has 0 spiro atoms. The van der Waals surface area contributed by atoms with E-state index in [0.29, 0.717) is 0 Å². The van der Waals surface area contributed by atoms with E-state index in [9.17, 15) is 13.8 Å². The zero-order valence-electron chi connectivity index (χ0n) is 6.61. The number of H-pyrrole nitrogens is 1. The van der Waals surface area contributed by atoms with Gasteiger partial charge < -0.3 is 0 Å². The van der Waals surface area contributed by atoms with E-state index in [1.165, 1.54) is 12.4 Å². The second-order valence-corrected chi connectivity index (χ2v) is 2.35. The molecule has 0 bridgehead atoms. The van der Waals surface area contributed by atoms with E-state index in [-0.39, 0.29) is 11.2 Å². The number of anilines is 1. The normalized spacial score (nSPS) is 10.4. The second kappa shape index (κ2) is 2.98. The van der Waals surface area contributed by atoms with E-state index < -0.39 is 16.9 Å². The fraction of sp³-hybridized carbons (Fsp3) is 0. The molecule has 0 aliphatic rings. The van der Waals surface area contributed by atoms with Gasteiger partial charge in [-0.1, -0.05) is 8.96 Å². The van der Waals surface area contributed by atoms with Crippen molar-refractivity contribution in [2.75, 3.05) is 5.34 Å². The fourth-order valence-corrected chi connectivity index (χ4v) is 0.942. The molecule has 72 valence electrons. The third kappa shape index (κ3) is 1.26. The number of rotatable bonds is 1. The van der Waals surface area contributed by atoms with E-state index in [1.807, 2.05) is 4.98 Å². The van der Waals surface area contributed by atoms with Crippen molar-refractivity contribution in [2.45, 2.75) is 0 Å². The minimum absolute atomic E-state index is 0.0712. The highest BCUT2D eigenvalue weighted by Gasteiger charge is 2.10. The van der Waals surface area contributed by atoms with Crippen LogP contribution in [-0.2, 0) is 0 Å². The SMILES string of the molecule is O=c1[nH]c(N(F)F)nc2nccnc12. The molecule has 14 heavy (non-hydrogen) atoms. The molecule has 0 radical (unpaired) electrons. The Morgan fingerprint density at radius 3 is 2.71 bits per heavy atom. The van der Waals surface area contributed by atoms with Gasteiger partial charge in [-0.25, -0.2) is 9.97 Å². The second-order valence-electron chi connectivity index (χ2n) is 2.35. The van der Waals surface area contributed by atoms with E-state index in [4.69, 9.17) is 0 Å². The first-order chi connectivity index (χ1) is 6.68. The standard InChI is InChI=1S/C6H3F2N5O/c7-13(8)6-11-4-3(5(14)12-6)9-1-2-10-4/h1-2H,(H,10,11,12,14). The summed E-state index contributed by atoms with van der Waals surface area (Å²) in [6, 6.07) is 0. The van der Waals surface area contributed by atoms with Crippen molar-refractivity contribution < 1.29 is 8.96 Å². The molecule has 2 aromatic rings. The van der Waals surface area contributed by atoms with Crippen LogP contribution in [0.3, 0.4) is 0 Å². The minimum Gasteiger partial charge on any atom is -0.286 e. The summed E-state index contributed by atoms with van der Waals surface area (Å²) in [5.74, 6) is -0.858. The van der Waals surface area contributed by atoms with Gasteiger partial charge in [0, 0.05) is 12.4 Å². The van der Waals surface area contributed by atoms with Gasteiger partial charge in [0.15, 0.2) is 11.2 Å². The molecule has 6 nitrogen and oxygen atoms in total. The van der Waals surface area contributed by atoms with Gasteiger partial charge in [-0.3, -0.25) is 9.78 Å². The molecule has 8 heteroatoms. The lowest BCUT2D eigenvalue weighted by Crippen LogP contribution is -2.15. The van der Waals surface area contributed by atoms with E-state index in [0.717, 1.165) is 0 Å². The Morgan fingerprint density at radius 1 is 1.29 bits per heavy atom. The van der Waals surface area contributed by atoms with Crippen LogP contribution in [0.25, 0.3) is 11.2 Å². The highest BCUT2D eigenvalue weighted by atomic mass is 19.4. The number of aromatic nitrogens is 4. The summed E-state index contributed by atoms with van der Waals surface area (Å²) in [6.45, 7) is 0. The minimum atomic E-state index is -1.30. The number of nitrogens with one attached hydrogen (secondary N) is 1. The van der Waals surface area contributed by atoms with Gasteiger partial charge in [0.1, 0.15) is 0 Å². The van der Waals surface area contributed by atoms with Crippen LogP contribution >= 0.6 is 0 Å². The van der Waals surface area contributed by atoms with Crippen LogP contribution in [0.2, 0.25) is 0 Å². The highest BCUT2D eigenvalue weighted by Crippen LogP contribution is 2.08. The predicted octanol–water partition coefficient (Wildman–Crippen LogP) is 0.288. The smallest absolute Gasteiger partial charge is 0.280 e. The Balaban J connectivity index is 2.79. The molecule has 2 rings (SSSR count). The molecular formula is C6H3F2N5O. The first-order valence-corrected chi connectivity index (χ1v) is 3.51. The highest BCUT2D eigenvalue weighted by molar-refractivity contribution is 5.68. The van der Waals surface area contributed by atoms with Gasteiger partial charge in [-0.05, 0) is 5.34 Å². The Hall–Kier alpha value is -2.12.